The van der Waals surface area contributed by atoms with Gasteiger partial charge in [0.25, 0.3) is 0 Å². The number of benzene rings is 1. The van der Waals surface area contributed by atoms with Gasteiger partial charge in [-0.15, -0.1) is 0 Å². The summed E-state index contributed by atoms with van der Waals surface area (Å²) in [6, 6.07) is 5.86. The largest absolute Gasteiger partial charge is 0.490 e. The second kappa shape index (κ2) is 6.27. The van der Waals surface area contributed by atoms with Crippen LogP contribution in [0.3, 0.4) is 0 Å². The predicted octanol–water partition coefficient (Wildman–Crippen LogP) is 3.51. The van der Waals surface area contributed by atoms with Crippen LogP contribution in [-0.2, 0) is 0 Å². The maximum absolute atomic E-state index is 6.11. The number of ether oxygens (including phenoxy) is 1. The molecule has 17 heavy (non-hydrogen) atoms. The zero-order valence-corrected chi connectivity index (χ0v) is 11.2. The van der Waals surface area contributed by atoms with E-state index in [4.69, 9.17) is 16.3 Å². The fourth-order valence-corrected chi connectivity index (χ4v) is 2.54. The standard InChI is InChI=1S/C14H20ClNO/c1-12-6-5-7-13(15)14(12)17-11-10-16-8-3-2-4-9-16/h5-7H,2-4,8-11H2,1H3. The number of likely N-dealkylation sites (tertiary alicyclic amines) is 1. The molecule has 0 aliphatic carbocycles. The molecule has 0 atom stereocenters. The number of rotatable bonds is 4. The van der Waals surface area contributed by atoms with Crippen molar-refractivity contribution in [1.82, 2.24) is 4.90 Å². The van der Waals surface area contributed by atoms with E-state index in [1.165, 1.54) is 32.4 Å². The zero-order chi connectivity index (χ0) is 12.1. The number of para-hydroxylation sites is 1. The van der Waals surface area contributed by atoms with Crippen LogP contribution in [0.15, 0.2) is 18.2 Å². The first-order chi connectivity index (χ1) is 8.27. The van der Waals surface area contributed by atoms with E-state index in [1.807, 2.05) is 25.1 Å². The van der Waals surface area contributed by atoms with Crippen molar-refractivity contribution in [3.63, 3.8) is 0 Å². The molecule has 1 aliphatic heterocycles. The highest BCUT2D eigenvalue weighted by Crippen LogP contribution is 2.27. The minimum absolute atomic E-state index is 0.712. The highest BCUT2D eigenvalue weighted by atomic mass is 35.5. The van der Waals surface area contributed by atoms with E-state index in [9.17, 15) is 0 Å². The van der Waals surface area contributed by atoms with Crippen LogP contribution in [0.4, 0.5) is 0 Å². The van der Waals surface area contributed by atoms with Gasteiger partial charge in [0.05, 0.1) is 5.02 Å². The van der Waals surface area contributed by atoms with Gasteiger partial charge in [0.2, 0.25) is 0 Å². The lowest BCUT2D eigenvalue weighted by Gasteiger charge is -2.26. The summed E-state index contributed by atoms with van der Waals surface area (Å²) in [7, 11) is 0. The topological polar surface area (TPSA) is 12.5 Å². The van der Waals surface area contributed by atoms with Gasteiger partial charge in [-0.2, -0.15) is 0 Å². The number of aryl methyl sites for hydroxylation is 1. The second-order valence-corrected chi connectivity index (χ2v) is 5.04. The van der Waals surface area contributed by atoms with Gasteiger partial charge >= 0.3 is 0 Å². The predicted molar refractivity (Wildman–Crippen MR) is 72.0 cm³/mol. The third-order valence-corrected chi connectivity index (χ3v) is 3.56. The first-order valence-electron chi connectivity index (χ1n) is 6.37. The molecule has 1 aromatic carbocycles. The molecule has 1 heterocycles. The van der Waals surface area contributed by atoms with E-state index < -0.39 is 0 Å². The lowest BCUT2D eigenvalue weighted by Crippen LogP contribution is -2.33. The molecule has 0 radical (unpaired) electrons. The normalized spacial score (nSPS) is 17.1. The van der Waals surface area contributed by atoms with E-state index in [2.05, 4.69) is 4.90 Å². The van der Waals surface area contributed by atoms with Gasteiger partial charge < -0.3 is 4.74 Å². The van der Waals surface area contributed by atoms with Crippen molar-refractivity contribution < 1.29 is 4.74 Å². The van der Waals surface area contributed by atoms with Crippen LogP contribution in [0.2, 0.25) is 5.02 Å². The number of piperidine rings is 1. The van der Waals surface area contributed by atoms with Gasteiger partial charge in [-0.3, -0.25) is 4.90 Å². The van der Waals surface area contributed by atoms with Crippen molar-refractivity contribution in [2.75, 3.05) is 26.2 Å². The molecule has 0 spiro atoms. The minimum atomic E-state index is 0.712. The smallest absolute Gasteiger partial charge is 0.140 e. The number of hydrogen-bond acceptors (Lipinski definition) is 2. The summed E-state index contributed by atoms with van der Waals surface area (Å²) < 4.78 is 5.80. The highest BCUT2D eigenvalue weighted by Gasteiger charge is 2.10. The Balaban J connectivity index is 1.81. The number of nitrogens with zero attached hydrogens (tertiary/aromatic N) is 1. The highest BCUT2D eigenvalue weighted by molar-refractivity contribution is 6.32. The van der Waals surface area contributed by atoms with Gasteiger partial charge in [0, 0.05) is 6.54 Å². The maximum Gasteiger partial charge on any atom is 0.140 e. The van der Waals surface area contributed by atoms with Crippen LogP contribution in [0.5, 0.6) is 5.75 Å². The van der Waals surface area contributed by atoms with E-state index in [0.717, 1.165) is 24.5 Å². The molecule has 0 unspecified atom stereocenters. The second-order valence-electron chi connectivity index (χ2n) is 4.64. The summed E-state index contributed by atoms with van der Waals surface area (Å²) in [5.74, 6) is 0.839. The van der Waals surface area contributed by atoms with E-state index >= 15 is 0 Å². The van der Waals surface area contributed by atoms with Crippen molar-refractivity contribution in [2.24, 2.45) is 0 Å². The molecule has 3 heteroatoms. The first kappa shape index (κ1) is 12.7. The Morgan fingerprint density at radius 3 is 2.71 bits per heavy atom. The maximum atomic E-state index is 6.11. The van der Waals surface area contributed by atoms with Crippen LogP contribution in [-0.4, -0.2) is 31.1 Å². The van der Waals surface area contributed by atoms with Gasteiger partial charge in [-0.25, -0.2) is 0 Å². The van der Waals surface area contributed by atoms with E-state index in [0.29, 0.717) is 5.02 Å². The minimum Gasteiger partial charge on any atom is -0.490 e. The van der Waals surface area contributed by atoms with Crippen molar-refractivity contribution in [2.45, 2.75) is 26.2 Å². The summed E-state index contributed by atoms with van der Waals surface area (Å²) in [6.07, 6.45) is 4.03. The Hall–Kier alpha value is -0.730. The summed E-state index contributed by atoms with van der Waals surface area (Å²) in [4.78, 5) is 2.47. The van der Waals surface area contributed by atoms with Crippen molar-refractivity contribution in [3.8, 4) is 5.75 Å². The van der Waals surface area contributed by atoms with Crippen LogP contribution < -0.4 is 4.74 Å². The monoisotopic (exact) mass is 253 g/mol. The molecule has 2 nitrogen and oxygen atoms in total. The Morgan fingerprint density at radius 1 is 1.24 bits per heavy atom. The van der Waals surface area contributed by atoms with Crippen molar-refractivity contribution in [3.05, 3.63) is 28.8 Å². The van der Waals surface area contributed by atoms with Crippen LogP contribution in [0.25, 0.3) is 0 Å². The molecule has 0 aromatic heterocycles. The molecule has 1 aromatic rings. The van der Waals surface area contributed by atoms with Crippen LogP contribution >= 0.6 is 11.6 Å². The van der Waals surface area contributed by atoms with Gasteiger partial charge in [0.1, 0.15) is 12.4 Å². The third-order valence-electron chi connectivity index (χ3n) is 3.27. The molecule has 0 saturated carbocycles. The fraction of sp³-hybridized carbons (Fsp3) is 0.571. The van der Waals surface area contributed by atoms with Gasteiger partial charge in [0.15, 0.2) is 0 Å². The number of hydrogen-bond donors (Lipinski definition) is 0. The molecule has 0 N–H and O–H groups in total. The molecular weight excluding hydrogens is 234 g/mol. The molecule has 1 saturated heterocycles. The SMILES string of the molecule is Cc1cccc(Cl)c1OCCN1CCCCC1. The lowest BCUT2D eigenvalue weighted by atomic mass is 10.1. The fourth-order valence-electron chi connectivity index (χ4n) is 2.26. The molecular formula is C14H20ClNO. The van der Waals surface area contributed by atoms with E-state index in [-0.39, 0.29) is 0 Å². The Labute approximate surface area is 109 Å². The summed E-state index contributed by atoms with van der Waals surface area (Å²) >= 11 is 6.11. The van der Waals surface area contributed by atoms with Gasteiger partial charge in [-0.1, -0.05) is 30.2 Å². The molecule has 94 valence electrons. The Morgan fingerprint density at radius 2 is 2.00 bits per heavy atom. The molecule has 0 bridgehead atoms. The third kappa shape index (κ3) is 3.62. The number of halogens is 1. The Bertz CT molecular complexity index is 341. The van der Waals surface area contributed by atoms with E-state index in [1.54, 1.807) is 0 Å². The van der Waals surface area contributed by atoms with Crippen LogP contribution in [0, 0.1) is 6.92 Å². The first-order valence-corrected chi connectivity index (χ1v) is 6.75. The van der Waals surface area contributed by atoms with Gasteiger partial charge in [-0.05, 0) is 44.5 Å². The summed E-state index contributed by atoms with van der Waals surface area (Å²) in [6.45, 7) is 6.19. The average molecular weight is 254 g/mol. The summed E-state index contributed by atoms with van der Waals surface area (Å²) in [5.41, 5.74) is 1.11. The average Bonchev–Trinajstić information content (AvgIpc) is 2.34. The quantitative estimate of drug-likeness (QED) is 0.814. The molecule has 1 aliphatic rings. The van der Waals surface area contributed by atoms with Crippen LogP contribution in [0.1, 0.15) is 24.8 Å². The lowest BCUT2D eigenvalue weighted by molar-refractivity contribution is 0.183. The van der Waals surface area contributed by atoms with Crippen molar-refractivity contribution in [1.29, 1.82) is 0 Å². The molecule has 0 amide bonds. The molecule has 2 rings (SSSR count). The zero-order valence-electron chi connectivity index (χ0n) is 10.4. The Kier molecular flexibility index (Phi) is 4.69. The molecule has 1 fully saturated rings. The summed E-state index contributed by atoms with van der Waals surface area (Å²) in [5, 5.41) is 0.712. The van der Waals surface area contributed by atoms with Crippen molar-refractivity contribution >= 4 is 11.6 Å².